The van der Waals surface area contributed by atoms with E-state index in [1.807, 2.05) is 13.2 Å². The van der Waals surface area contributed by atoms with Crippen LogP contribution in [0.1, 0.15) is 5.56 Å². The van der Waals surface area contributed by atoms with Gasteiger partial charge >= 0.3 is 6.03 Å². The Bertz CT molecular complexity index is 612. The van der Waals surface area contributed by atoms with Crippen molar-refractivity contribution in [3.05, 3.63) is 47.2 Å². The van der Waals surface area contributed by atoms with Gasteiger partial charge < -0.3 is 15.0 Å². The number of aryl methyl sites for hydroxylation is 1. The molecule has 6 nitrogen and oxygen atoms in total. The highest BCUT2D eigenvalue weighted by atomic mass is 35.5. The van der Waals surface area contributed by atoms with Gasteiger partial charge in [0.05, 0.1) is 19.3 Å². The Hall–Kier alpha value is -2.21. The molecule has 118 valence electrons. The second kappa shape index (κ2) is 7.70. The molecule has 0 bridgehead atoms. The summed E-state index contributed by atoms with van der Waals surface area (Å²) in [5.74, 6) is 0.724. The van der Waals surface area contributed by atoms with Crippen LogP contribution in [0.5, 0.6) is 5.75 Å². The van der Waals surface area contributed by atoms with E-state index in [9.17, 15) is 4.79 Å². The molecule has 1 aromatic heterocycles. The summed E-state index contributed by atoms with van der Waals surface area (Å²) in [6.45, 7) is 1.34. The number of urea groups is 1. The molecular weight excluding hydrogens is 304 g/mol. The van der Waals surface area contributed by atoms with E-state index >= 15 is 0 Å². The van der Waals surface area contributed by atoms with E-state index in [1.165, 1.54) is 0 Å². The number of halogens is 1. The molecule has 2 amide bonds. The molecule has 1 N–H and O–H groups in total. The van der Waals surface area contributed by atoms with E-state index in [-0.39, 0.29) is 6.03 Å². The van der Waals surface area contributed by atoms with Gasteiger partial charge in [0.2, 0.25) is 0 Å². The molecule has 0 saturated carbocycles. The highest BCUT2D eigenvalue weighted by Crippen LogP contribution is 2.15. The predicted octanol–water partition coefficient (Wildman–Crippen LogP) is 2.29. The van der Waals surface area contributed by atoms with Crippen LogP contribution in [-0.2, 0) is 13.6 Å². The summed E-state index contributed by atoms with van der Waals surface area (Å²) >= 11 is 5.79. The summed E-state index contributed by atoms with van der Waals surface area (Å²) in [5, 5.41) is 7.54. The summed E-state index contributed by atoms with van der Waals surface area (Å²) < 4.78 is 7.22. The molecule has 7 heteroatoms. The fourth-order valence-corrected chi connectivity index (χ4v) is 2.02. The largest absolute Gasteiger partial charge is 0.492 e. The molecule has 1 aromatic carbocycles. The van der Waals surface area contributed by atoms with E-state index in [2.05, 4.69) is 10.4 Å². The number of aromatic nitrogens is 2. The zero-order valence-corrected chi connectivity index (χ0v) is 13.4. The number of amides is 2. The number of nitrogens with zero attached hydrogens (tertiary/aromatic N) is 3. The SMILES string of the molecule is CN(Cc1cnn(C)c1)C(=O)NCCOc1ccc(Cl)cc1. The first-order chi connectivity index (χ1) is 10.5. The maximum absolute atomic E-state index is 11.9. The average molecular weight is 323 g/mol. The Kier molecular flexibility index (Phi) is 5.66. The van der Waals surface area contributed by atoms with Crippen LogP contribution < -0.4 is 10.1 Å². The number of benzene rings is 1. The number of ether oxygens (including phenoxy) is 1. The standard InChI is InChI=1S/C15H19ClN4O2/c1-19(10-12-9-18-20(2)11-12)15(21)17-7-8-22-14-5-3-13(16)4-6-14/h3-6,9,11H,7-8,10H2,1-2H3,(H,17,21). The minimum atomic E-state index is -0.149. The fraction of sp³-hybridized carbons (Fsp3) is 0.333. The van der Waals surface area contributed by atoms with E-state index in [0.29, 0.717) is 24.7 Å². The van der Waals surface area contributed by atoms with Crippen molar-refractivity contribution in [2.75, 3.05) is 20.2 Å². The summed E-state index contributed by atoms with van der Waals surface area (Å²) in [6.07, 6.45) is 3.63. The van der Waals surface area contributed by atoms with Crippen LogP contribution in [0, 0.1) is 0 Å². The third-order valence-corrected chi connectivity index (χ3v) is 3.24. The van der Waals surface area contributed by atoms with Gasteiger partial charge in [0.1, 0.15) is 12.4 Å². The second-order valence-corrected chi connectivity index (χ2v) is 5.35. The van der Waals surface area contributed by atoms with Crippen LogP contribution in [0.25, 0.3) is 0 Å². The van der Waals surface area contributed by atoms with Crippen LogP contribution in [0.15, 0.2) is 36.7 Å². The van der Waals surface area contributed by atoms with E-state index < -0.39 is 0 Å². The van der Waals surface area contributed by atoms with Crippen LogP contribution >= 0.6 is 11.6 Å². The van der Waals surface area contributed by atoms with Crippen LogP contribution in [-0.4, -0.2) is 40.9 Å². The maximum Gasteiger partial charge on any atom is 0.317 e. The third kappa shape index (κ3) is 4.96. The highest BCUT2D eigenvalue weighted by Gasteiger charge is 2.09. The van der Waals surface area contributed by atoms with Crippen molar-refractivity contribution in [2.45, 2.75) is 6.54 Å². The van der Waals surface area contributed by atoms with Crippen molar-refractivity contribution >= 4 is 17.6 Å². The molecule has 1 heterocycles. The van der Waals surface area contributed by atoms with Crippen LogP contribution in [0.2, 0.25) is 5.02 Å². The topological polar surface area (TPSA) is 59.4 Å². The van der Waals surface area contributed by atoms with Crippen molar-refractivity contribution in [3.8, 4) is 5.75 Å². The average Bonchev–Trinajstić information content (AvgIpc) is 2.90. The quantitative estimate of drug-likeness (QED) is 0.830. The molecule has 2 rings (SSSR count). The number of rotatable bonds is 6. The predicted molar refractivity (Wildman–Crippen MR) is 85.0 cm³/mol. The van der Waals surface area contributed by atoms with Crippen LogP contribution in [0.3, 0.4) is 0 Å². The monoisotopic (exact) mass is 322 g/mol. The molecule has 0 fully saturated rings. The van der Waals surface area contributed by atoms with Gasteiger partial charge in [-0.05, 0) is 24.3 Å². The minimum absolute atomic E-state index is 0.149. The van der Waals surface area contributed by atoms with Crippen molar-refractivity contribution in [3.63, 3.8) is 0 Å². The van der Waals surface area contributed by atoms with Gasteiger partial charge in [0.15, 0.2) is 0 Å². The molecule has 0 radical (unpaired) electrons. The molecule has 0 aliphatic heterocycles. The number of hydrogen-bond donors (Lipinski definition) is 1. The zero-order chi connectivity index (χ0) is 15.9. The van der Waals surface area contributed by atoms with Crippen molar-refractivity contribution < 1.29 is 9.53 Å². The Labute approximate surface area is 134 Å². The molecule has 22 heavy (non-hydrogen) atoms. The number of carbonyl (C=O) groups excluding carboxylic acids is 1. The maximum atomic E-state index is 11.9. The Balaban J connectivity index is 1.67. The third-order valence-electron chi connectivity index (χ3n) is 2.99. The lowest BCUT2D eigenvalue weighted by molar-refractivity contribution is 0.203. The van der Waals surface area contributed by atoms with Gasteiger partial charge in [0.25, 0.3) is 0 Å². The van der Waals surface area contributed by atoms with Gasteiger partial charge in [-0.15, -0.1) is 0 Å². The lowest BCUT2D eigenvalue weighted by Gasteiger charge is -2.17. The van der Waals surface area contributed by atoms with Crippen molar-refractivity contribution in [2.24, 2.45) is 7.05 Å². The molecular formula is C15H19ClN4O2. The summed E-state index contributed by atoms with van der Waals surface area (Å²) in [6, 6.07) is 6.95. The molecule has 0 spiro atoms. The lowest BCUT2D eigenvalue weighted by Crippen LogP contribution is -2.38. The lowest BCUT2D eigenvalue weighted by atomic mass is 10.3. The summed E-state index contributed by atoms with van der Waals surface area (Å²) in [7, 11) is 3.58. The fourth-order valence-electron chi connectivity index (χ4n) is 1.89. The first-order valence-corrected chi connectivity index (χ1v) is 7.27. The van der Waals surface area contributed by atoms with Gasteiger partial charge in [-0.1, -0.05) is 11.6 Å². The van der Waals surface area contributed by atoms with Gasteiger partial charge in [0, 0.05) is 30.9 Å². The smallest absolute Gasteiger partial charge is 0.317 e. The Morgan fingerprint density at radius 1 is 1.41 bits per heavy atom. The summed E-state index contributed by atoms with van der Waals surface area (Å²) in [5.41, 5.74) is 0.984. The Morgan fingerprint density at radius 2 is 2.14 bits per heavy atom. The first-order valence-electron chi connectivity index (χ1n) is 6.89. The number of nitrogens with one attached hydrogen (secondary N) is 1. The molecule has 0 aliphatic rings. The van der Waals surface area contributed by atoms with E-state index in [1.54, 1.807) is 47.1 Å². The molecule has 2 aromatic rings. The van der Waals surface area contributed by atoms with Gasteiger partial charge in [-0.2, -0.15) is 5.10 Å². The van der Waals surface area contributed by atoms with E-state index in [4.69, 9.17) is 16.3 Å². The van der Waals surface area contributed by atoms with E-state index in [0.717, 1.165) is 11.3 Å². The van der Waals surface area contributed by atoms with Gasteiger partial charge in [-0.25, -0.2) is 4.79 Å². The molecule has 0 atom stereocenters. The number of hydrogen-bond acceptors (Lipinski definition) is 3. The first kappa shape index (κ1) is 16.2. The minimum Gasteiger partial charge on any atom is -0.492 e. The van der Waals surface area contributed by atoms with Crippen molar-refractivity contribution in [1.82, 2.24) is 20.0 Å². The van der Waals surface area contributed by atoms with Gasteiger partial charge in [-0.3, -0.25) is 4.68 Å². The van der Waals surface area contributed by atoms with Crippen molar-refractivity contribution in [1.29, 1.82) is 0 Å². The zero-order valence-electron chi connectivity index (χ0n) is 12.6. The molecule has 0 saturated heterocycles. The second-order valence-electron chi connectivity index (χ2n) is 4.91. The molecule has 0 aliphatic carbocycles. The molecule has 0 unspecified atom stereocenters. The highest BCUT2D eigenvalue weighted by molar-refractivity contribution is 6.30. The van der Waals surface area contributed by atoms with Crippen LogP contribution in [0.4, 0.5) is 4.79 Å². The number of carbonyl (C=O) groups is 1. The normalized spacial score (nSPS) is 10.3. The Morgan fingerprint density at radius 3 is 2.77 bits per heavy atom. The summed E-state index contributed by atoms with van der Waals surface area (Å²) in [4.78, 5) is 13.5.